The van der Waals surface area contributed by atoms with Crippen molar-refractivity contribution in [3.05, 3.63) is 16.6 Å². The third-order valence-electron chi connectivity index (χ3n) is 2.39. The molecule has 0 bridgehead atoms. The fourth-order valence-electron chi connectivity index (χ4n) is 1.59. The van der Waals surface area contributed by atoms with Gasteiger partial charge in [-0.15, -0.1) is 23.1 Å². The van der Waals surface area contributed by atoms with Crippen LogP contribution in [0.3, 0.4) is 0 Å². The SMILES string of the molecule is CC1SCC(C(=O)O)N1C(=O)c1cscn1. The van der Waals surface area contributed by atoms with Crippen LogP contribution in [0.15, 0.2) is 10.9 Å². The van der Waals surface area contributed by atoms with E-state index in [1.807, 2.05) is 6.92 Å². The molecular weight excluding hydrogens is 248 g/mol. The van der Waals surface area contributed by atoms with Crippen molar-refractivity contribution < 1.29 is 14.7 Å². The van der Waals surface area contributed by atoms with Gasteiger partial charge in [-0.3, -0.25) is 4.79 Å². The number of aliphatic carboxylic acids is 1. The number of hydrogen-bond acceptors (Lipinski definition) is 5. The highest BCUT2D eigenvalue weighted by atomic mass is 32.2. The lowest BCUT2D eigenvalue weighted by Crippen LogP contribution is -2.44. The first-order valence-corrected chi connectivity index (χ1v) is 6.65. The Morgan fingerprint density at radius 2 is 2.38 bits per heavy atom. The topological polar surface area (TPSA) is 70.5 Å². The Morgan fingerprint density at radius 1 is 1.62 bits per heavy atom. The Kier molecular flexibility index (Phi) is 3.15. The van der Waals surface area contributed by atoms with Crippen molar-refractivity contribution in [1.82, 2.24) is 9.88 Å². The molecule has 1 aliphatic rings. The van der Waals surface area contributed by atoms with Gasteiger partial charge in [0.25, 0.3) is 5.91 Å². The Labute approximate surface area is 100 Å². The normalized spacial score (nSPS) is 24.7. The van der Waals surface area contributed by atoms with E-state index in [2.05, 4.69) is 4.98 Å². The lowest BCUT2D eigenvalue weighted by Gasteiger charge is -2.23. The smallest absolute Gasteiger partial charge is 0.327 e. The van der Waals surface area contributed by atoms with Crippen LogP contribution in [0.2, 0.25) is 0 Å². The molecule has 0 aliphatic carbocycles. The maximum absolute atomic E-state index is 12.0. The van der Waals surface area contributed by atoms with Crippen molar-refractivity contribution in [3.63, 3.8) is 0 Å². The highest BCUT2D eigenvalue weighted by Gasteiger charge is 2.40. The number of thiazole rings is 1. The molecule has 1 amide bonds. The number of aromatic nitrogens is 1. The van der Waals surface area contributed by atoms with E-state index >= 15 is 0 Å². The lowest BCUT2D eigenvalue weighted by molar-refractivity contribution is -0.141. The maximum atomic E-state index is 12.0. The van der Waals surface area contributed by atoms with Gasteiger partial charge in [-0.05, 0) is 6.92 Å². The highest BCUT2D eigenvalue weighted by molar-refractivity contribution is 8.00. The highest BCUT2D eigenvalue weighted by Crippen LogP contribution is 2.30. The Bertz CT molecular complexity index is 407. The summed E-state index contributed by atoms with van der Waals surface area (Å²) in [6.07, 6.45) is 0. The monoisotopic (exact) mass is 258 g/mol. The van der Waals surface area contributed by atoms with Crippen molar-refractivity contribution in [2.75, 3.05) is 5.75 Å². The molecule has 2 rings (SSSR count). The van der Waals surface area contributed by atoms with Gasteiger partial charge in [0.2, 0.25) is 0 Å². The first-order chi connectivity index (χ1) is 7.61. The number of carbonyl (C=O) groups excluding carboxylic acids is 1. The second-order valence-corrected chi connectivity index (χ2v) is 5.44. The van der Waals surface area contributed by atoms with Gasteiger partial charge in [0.05, 0.1) is 10.9 Å². The van der Waals surface area contributed by atoms with E-state index in [1.165, 1.54) is 28.0 Å². The minimum atomic E-state index is -0.958. The van der Waals surface area contributed by atoms with E-state index in [1.54, 1.807) is 10.9 Å². The van der Waals surface area contributed by atoms with Crippen molar-refractivity contribution in [2.24, 2.45) is 0 Å². The van der Waals surface area contributed by atoms with Crippen LogP contribution in [-0.2, 0) is 4.79 Å². The van der Waals surface area contributed by atoms with Crippen LogP contribution in [0.5, 0.6) is 0 Å². The third kappa shape index (κ3) is 1.92. The van der Waals surface area contributed by atoms with Crippen LogP contribution in [0, 0.1) is 0 Å². The molecule has 7 heteroatoms. The van der Waals surface area contributed by atoms with Crippen LogP contribution in [0.1, 0.15) is 17.4 Å². The van der Waals surface area contributed by atoms with Gasteiger partial charge < -0.3 is 10.0 Å². The summed E-state index contributed by atoms with van der Waals surface area (Å²) in [7, 11) is 0. The molecule has 16 heavy (non-hydrogen) atoms. The number of nitrogens with zero attached hydrogens (tertiary/aromatic N) is 2. The van der Waals surface area contributed by atoms with Gasteiger partial charge in [-0.25, -0.2) is 9.78 Å². The molecule has 1 aromatic rings. The largest absolute Gasteiger partial charge is 0.480 e. The number of carboxylic acid groups (broad SMARTS) is 1. The average Bonchev–Trinajstić information content (AvgIpc) is 2.84. The predicted molar refractivity (Wildman–Crippen MR) is 61.6 cm³/mol. The summed E-state index contributed by atoms with van der Waals surface area (Å²) in [6.45, 7) is 1.83. The molecular formula is C9H10N2O3S2. The van der Waals surface area contributed by atoms with Gasteiger partial charge in [0.1, 0.15) is 11.7 Å². The van der Waals surface area contributed by atoms with Gasteiger partial charge in [-0.2, -0.15) is 0 Å². The second-order valence-electron chi connectivity index (χ2n) is 3.37. The number of carbonyl (C=O) groups is 2. The lowest BCUT2D eigenvalue weighted by atomic mass is 10.2. The molecule has 0 spiro atoms. The Hall–Kier alpha value is -1.08. The van der Waals surface area contributed by atoms with Gasteiger partial charge >= 0.3 is 5.97 Å². The van der Waals surface area contributed by atoms with Gasteiger partial charge in [0, 0.05) is 11.1 Å². The van der Waals surface area contributed by atoms with Crippen molar-refractivity contribution >= 4 is 35.0 Å². The summed E-state index contributed by atoms with van der Waals surface area (Å²) in [4.78, 5) is 28.3. The quantitative estimate of drug-likeness (QED) is 0.861. The fraction of sp³-hybridized carbons (Fsp3) is 0.444. The number of hydrogen-bond donors (Lipinski definition) is 1. The molecule has 5 nitrogen and oxygen atoms in total. The summed E-state index contributed by atoms with van der Waals surface area (Å²) >= 11 is 2.79. The van der Waals surface area contributed by atoms with Crippen LogP contribution >= 0.6 is 23.1 Å². The van der Waals surface area contributed by atoms with E-state index < -0.39 is 12.0 Å². The molecule has 0 aromatic carbocycles. The fourth-order valence-corrected chi connectivity index (χ4v) is 3.28. The number of carboxylic acids is 1. The Morgan fingerprint density at radius 3 is 2.94 bits per heavy atom. The van der Waals surface area contributed by atoms with Crippen molar-refractivity contribution in [1.29, 1.82) is 0 Å². The van der Waals surface area contributed by atoms with Gasteiger partial charge in [0.15, 0.2) is 0 Å². The maximum Gasteiger partial charge on any atom is 0.327 e. The minimum Gasteiger partial charge on any atom is -0.480 e. The molecule has 1 aromatic heterocycles. The second kappa shape index (κ2) is 4.42. The molecule has 1 aliphatic heterocycles. The molecule has 2 atom stereocenters. The van der Waals surface area contributed by atoms with Crippen LogP contribution < -0.4 is 0 Å². The summed E-state index contributed by atoms with van der Waals surface area (Å²) in [5, 5.41) is 10.5. The molecule has 0 saturated carbocycles. The molecule has 1 fully saturated rings. The summed E-state index contributed by atoms with van der Waals surface area (Å²) in [6, 6.07) is -0.741. The number of rotatable bonds is 2. The minimum absolute atomic E-state index is 0.115. The molecule has 0 radical (unpaired) electrons. The zero-order chi connectivity index (χ0) is 11.7. The van der Waals surface area contributed by atoms with Gasteiger partial charge in [-0.1, -0.05) is 0 Å². The third-order valence-corrected chi connectivity index (χ3v) is 4.20. The summed E-state index contributed by atoms with van der Waals surface area (Å²) < 4.78 is 0. The zero-order valence-electron chi connectivity index (χ0n) is 8.49. The van der Waals surface area contributed by atoms with Crippen molar-refractivity contribution in [2.45, 2.75) is 18.3 Å². The zero-order valence-corrected chi connectivity index (χ0v) is 10.1. The molecule has 86 valence electrons. The predicted octanol–water partition coefficient (Wildman–Crippen LogP) is 1.13. The molecule has 2 heterocycles. The first-order valence-electron chi connectivity index (χ1n) is 4.66. The van der Waals surface area contributed by atoms with Crippen LogP contribution in [0.25, 0.3) is 0 Å². The summed E-state index contributed by atoms with van der Waals surface area (Å²) in [5.74, 6) is -0.821. The molecule has 2 unspecified atom stereocenters. The summed E-state index contributed by atoms with van der Waals surface area (Å²) in [5.41, 5.74) is 1.89. The Balaban J connectivity index is 2.24. The van der Waals surface area contributed by atoms with Crippen molar-refractivity contribution in [3.8, 4) is 0 Å². The van der Waals surface area contributed by atoms with E-state index in [9.17, 15) is 9.59 Å². The number of amides is 1. The average molecular weight is 258 g/mol. The first kappa shape index (κ1) is 11.4. The molecule has 1 N–H and O–H groups in total. The standard InChI is InChI=1S/C9H10N2O3S2/c1-5-11(7(3-16-5)9(13)14)8(12)6-2-15-4-10-6/h2,4-5,7H,3H2,1H3,(H,13,14). The van der Waals surface area contributed by atoms with E-state index in [-0.39, 0.29) is 11.3 Å². The van der Waals surface area contributed by atoms with Crippen LogP contribution in [-0.4, -0.2) is 44.0 Å². The van der Waals surface area contributed by atoms with E-state index in [0.717, 1.165) is 0 Å². The van der Waals surface area contributed by atoms with E-state index in [4.69, 9.17) is 5.11 Å². The van der Waals surface area contributed by atoms with Crippen LogP contribution in [0.4, 0.5) is 0 Å². The number of thioether (sulfide) groups is 1. The van der Waals surface area contributed by atoms with E-state index in [0.29, 0.717) is 11.4 Å². The molecule has 1 saturated heterocycles.